The van der Waals surface area contributed by atoms with E-state index in [0.29, 0.717) is 6.04 Å². The van der Waals surface area contributed by atoms with E-state index in [9.17, 15) is 0 Å². The summed E-state index contributed by atoms with van der Waals surface area (Å²) in [6.07, 6.45) is 3.43. The van der Waals surface area contributed by atoms with Crippen LogP contribution >= 0.6 is 0 Å². The van der Waals surface area contributed by atoms with E-state index in [4.69, 9.17) is 0 Å². The van der Waals surface area contributed by atoms with Crippen LogP contribution in [0.5, 0.6) is 0 Å². The molecule has 94 valence electrons. The van der Waals surface area contributed by atoms with Crippen molar-refractivity contribution < 1.29 is 0 Å². The van der Waals surface area contributed by atoms with Crippen molar-refractivity contribution in [3.8, 4) is 0 Å². The minimum Gasteiger partial charge on any atom is -0.310 e. The first-order chi connectivity index (χ1) is 8.13. The first-order valence-corrected chi connectivity index (χ1v) is 6.57. The molecule has 1 rings (SSSR count). The van der Waals surface area contributed by atoms with Gasteiger partial charge in [0.15, 0.2) is 0 Å². The molecule has 1 N–H and O–H groups in total. The van der Waals surface area contributed by atoms with Crippen LogP contribution < -0.4 is 5.32 Å². The highest BCUT2D eigenvalue weighted by Crippen LogP contribution is 2.11. The van der Waals surface area contributed by atoms with Crippen molar-refractivity contribution in [1.82, 2.24) is 5.32 Å². The topological polar surface area (TPSA) is 12.0 Å². The average molecular weight is 231 g/mol. The Labute approximate surface area is 106 Å². The van der Waals surface area contributed by atoms with Gasteiger partial charge < -0.3 is 5.32 Å². The summed E-state index contributed by atoms with van der Waals surface area (Å²) in [5.41, 5.74) is 3.99. The highest BCUT2D eigenvalue weighted by Gasteiger charge is 2.08. The van der Waals surface area contributed by atoms with Gasteiger partial charge in [-0.05, 0) is 45.2 Å². The second-order valence-electron chi connectivity index (χ2n) is 4.88. The van der Waals surface area contributed by atoms with E-state index in [1.54, 1.807) is 0 Å². The van der Waals surface area contributed by atoms with Crippen molar-refractivity contribution >= 4 is 0 Å². The van der Waals surface area contributed by atoms with E-state index in [1.165, 1.54) is 23.1 Å². The lowest BCUT2D eigenvalue weighted by molar-refractivity contribution is 0.533. The van der Waals surface area contributed by atoms with Gasteiger partial charge in [-0.25, -0.2) is 0 Å². The summed E-state index contributed by atoms with van der Waals surface area (Å²) in [5.74, 6) is 0. The van der Waals surface area contributed by atoms with Gasteiger partial charge in [-0.15, -0.1) is 0 Å². The van der Waals surface area contributed by atoms with Crippen molar-refractivity contribution in [1.29, 1.82) is 0 Å². The molecule has 0 radical (unpaired) electrons. The molecule has 0 aliphatic heterocycles. The third kappa shape index (κ3) is 5.18. The summed E-state index contributed by atoms with van der Waals surface area (Å²) < 4.78 is 0. The largest absolute Gasteiger partial charge is 0.310 e. The Morgan fingerprint density at radius 3 is 2.47 bits per heavy atom. The maximum Gasteiger partial charge on any atom is 0.0277 e. The molecule has 0 aliphatic rings. The van der Waals surface area contributed by atoms with Crippen LogP contribution in [-0.4, -0.2) is 12.6 Å². The summed E-state index contributed by atoms with van der Waals surface area (Å²) in [4.78, 5) is 0. The van der Waals surface area contributed by atoms with E-state index in [2.05, 4.69) is 56.9 Å². The van der Waals surface area contributed by atoms with Crippen molar-refractivity contribution in [3.63, 3.8) is 0 Å². The molecule has 0 bridgehead atoms. The van der Waals surface area contributed by atoms with E-state index in [0.717, 1.165) is 19.4 Å². The van der Waals surface area contributed by atoms with Gasteiger partial charge in [0.1, 0.15) is 0 Å². The highest BCUT2D eigenvalue weighted by atomic mass is 14.9. The zero-order valence-electron chi connectivity index (χ0n) is 11.4. The fourth-order valence-corrected chi connectivity index (χ4v) is 1.91. The molecule has 0 fully saturated rings. The molecule has 1 atom stereocenters. The Hall–Kier alpha value is -1.08. The number of nitrogens with one attached hydrogen (secondary N) is 1. The number of hydrogen-bond donors (Lipinski definition) is 1. The molecule has 0 aromatic heterocycles. The second-order valence-corrected chi connectivity index (χ2v) is 4.88. The molecule has 1 aromatic rings. The second kappa shape index (κ2) is 7.29. The van der Waals surface area contributed by atoms with Crippen molar-refractivity contribution in [2.45, 2.75) is 46.1 Å². The van der Waals surface area contributed by atoms with Crippen LogP contribution in [0.2, 0.25) is 0 Å². The maximum atomic E-state index is 4.07. The molecular weight excluding hydrogens is 206 g/mol. The molecule has 1 unspecified atom stereocenters. The molecule has 0 heterocycles. The average Bonchev–Trinajstić information content (AvgIpc) is 2.31. The van der Waals surface area contributed by atoms with E-state index in [-0.39, 0.29) is 0 Å². The predicted octanol–water partition coefficient (Wildman–Crippen LogP) is 3.87. The summed E-state index contributed by atoms with van der Waals surface area (Å²) >= 11 is 0. The smallest absolute Gasteiger partial charge is 0.0277 e. The van der Waals surface area contributed by atoms with Crippen molar-refractivity contribution in [2.24, 2.45) is 0 Å². The fraction of sp³-hybridized carbons (Fsp3) is 0.500. The molecule has 17 heavy (non-hydrogen) atoms. The normalized spacial score (nSPS) is 12.4. The van der Waals surface area contributed by atoms with Crippen LogP contribution in [0.3, 0.4) is 0 Å². The lowest BCUT2D eigenvalue weighted by Crippen LogP contribution is -2.31. The summed E-state index contributed by atoms with van der Waals surface area (Å²) in [7, 11) is 0. The van der Waals surface area contributed by atoms with Gasteiger partial charge in [0, 0.05) is 6.04 Å². The third-order valence-corrected chi connectivity index (χ3v) is 3.08. The molecule has 0 saturated carbocycles. The Morgan fingerprint density at radius 1 is 1.29 bits per heavy atom. The molecule has 0 aliphatic carbocycles. The van der Waals surface area contributed by atoms with Gasteiger partial charge >= 0.3 is 0 Å². The van der Waals surface area contributed by atoms with Crippen LogP contribution in [0.25, 0.3) is 0 Å². The fourth-order valence-electron chi connectivity index (χ4n) is 1.91. The van der Waals surface area contributed by atoms with Crippen LogP contribution in [0, 0.1) is 6.92 Å². The van der Waals surface area contributed by atoms with Crippen LogP contribution in [0.15, 0.2) is 36.4 Å². The van der Waals surface area contributed by atoms with Crippen molar-refractivity contribution in [3.05, 3.63) is 47.5 Å². The molecule has 1 nitrogen and oxygen atoms in total. The molecule has 1 heteroatoms. The van der Waals surface area contributed by atoms with Gasteiger partial charge in [0.25, 0.3) is 0 Å². The predicted molar refractivity (Wildman–Crippen MR) is 76.4 cm³/mol. The maximum absolute atomic E-state index is 4.07. The summed E-state index contributed by atoms with van der Waals surface area (Å²) in [6.45, 7) is 11.6. The molecule has 0 saturated heterocycles. The lowest BCUT2D eigenvalue weighted by atomic mass is 10.00. The van der Waals surface area contributed by atoms with Gasteiger partial charge in [-0.2, -0.15) is 0 Å². The lowest BCUT2D eigenvalue weighted by Gasteiger charge is -2.18. The molecule has 0 amide bonds. The Balaban J connectivity index is 2.45. The number of aryl methyl sites for hydroxylation is 2. The first kappa shape index (κ1) is 14.0. The van der Waals surface area contributed by atoms with E-state index in [1.807, 2.05) is 0 Å². The molecule has 1 aromatic carbocycles. The van der Waals surface area contributed by atoms with Crippen molar-refractivity contribution in [2.75, 3.05) is 6.54 Å². The van der Waals surface area contributed by atoms with Gasteiger partial charge in [-0.1, -0.05) is 48.9 Å². The van der Waals surface area contributed by atoms with E-state index < -0.39 is 0 Å². The first-order valence-electron chi connectivity index (χ1n) is 6.57. The van der Waals surface area contributed by atoms with Crippen LogP contribution in [-0.2, 0) is 6.42 Å². The SMILES string of the molecule is C=C(C)C(CCc1ccc(C)cc1)NCCC. The zero-order valence-corrected chi connectivity index (χ0v) is 11.4. The Kier molecular flexibility index (Phi) is 5.99. The minimum absolute atomic E-state index is 0.455. The zero-order chi connectivity index (χ0) is 12.7. The number of hydrogen-bond acceptors (Lipinski definition) is 1. The molecular formula is C16H25N. The Morgan fingerprint density at radius 2 is 1.94 bits per heavy atom. The summed E-state index contributed by atoms with van der Waals surface area (Å²) in [5, 5.41) is 3.55. The highest BCUT2D eigenvalue weighted by molar-refractivity contribution is 5.21. The summed E-state index contributed by atoms with van der Waals surface area (Å²) in [6, 6.07) is 9.28. The third-order valence-electron chi connectivity index (χ3n) is 3.08. The standard InChI is InChI=1S/C16H25N/c1-5-12-17-16(13(2)3)11-10-15-8-6-14(4)7-9-15/h6-9,16-17H,2,5,10-12H2,1,3-4H3. The van der Waals surface area contributed by atoms with Gasteiger partial charge in [-0.3, -0.25) is 0 Å². The Bertz CT molecular complexity index is 337. The quantitative estimate of drug-likeness (QED) is 0.702. The monoisotopic (exact) mass is 231 g/mol. The van der Waals surface area contributed by atoms with Gasteiger partial charge in [0.05, 0.1) is 0 Å². The van der Waals surface area contributed by atoms with Crippen LogP contribution in [0.1, 0.15) is 37.8 Å². The molecule has 0 spiro atoms. The number of rotatable bonds is 7. The number of benzene rings is 1. The van der Waals surface area contributed by atoms with Crippen LogP contribution in [0.4, 0.5) is 0 Å². The van der Waals surface area contributed by atoms with E-state index >= 15 is 0 Å². The minimum atomic E-state index is 0.455. The van der Waals surface area contributed by atoms with Gasteiger partial charge in [0.2, 0.25) is 0 Å².